The molecule has 0 saturated heterocycles. The zero-order chi connectivity index (χ0) is 24.2. The summed E-state index contributed by atoms with van der Waals surface area (Å²) in [5.74, 6) is -0.243. The first kappa shape index (κ1) is 30.9. The van der Waals surface area contributed by atoms with Crippen molar-refractivity contribution in [2.75, 3.05) is 0 Å². The lowest BCUT2D eigenvalue weighted by Crippen LogP contribution is -2.47. The SMILES string of the molecule is CCCCCCCCCC(OC(=O)CCCCC(=O)O)(C(C)CCCC)C(C)CCCC. The number of hydrogen-bond acceptors (Lipinski definition) is 3. The highest BCUT2D eigenvalue weighted by Crippen LogP contribution is 2.41. The van der Waals surface area contributed by atoms with Crippen LogP contribution in [-0.2, 0) is 14.3 Å². The van der Waals surface area contributed by atoms with Crippen LogP contribution in [0.25, 0.3) is 0 Å². The van der Waals surface area contributed by atoms with Gasteiger partial charge in [0.2, 0.25) is 0 Å². The smallest absolute Gasteiger partial charge is 0.306 e. The van der Waals surface area contributed by atoms with E-state index >= 15 is 0 Å². The fourth-order valence-corrected chi connectivity index (χ4v) is 4.91. The highest BCUT2D eigenvalue weighted by atomic mass is 16.6. The van der Waals surface area contributed by atoms with Gasteiger partial charge in [0.25, 0.3) is 0 Å². The highest BCUT2D eigenvalue weighted by molar-refractivity contribution is 5.70. The Morgan fingerprint density at radius 1 is 0.688 bits per heavy atom. The fourth-order valence-electron chi connectivity index (χ4n) is 4.91. The molecule has 0 saturated carbocycles. The summed E-state index contributed by atoms with van der Waals surface area (Å²) >= 11 is 0. The van der Waals surface area contributed by atoms with Crippen molar-refractivity contribution in [3.05, 3.63) is 0 Å². The van der Waals surface area contributed by atoms with Crippen LogP contribution in [0.15, 0.2) is 0 Å². The molecule has 0 rings (SSSR count). The number of aliphatic carboxylic acids is 1. The van der Waals surface area contributed by atoms with Gasteiger partial charge in [0.15, 0.2) is 0 Å². The molecule has 32 heavy (non-hydrogen) atoms. The van der Waals surface area contributed by atoms with Crippen molar-refractivity contribution in [2.24, 2.45) is 11.8 Å². The lowest BCUT2D eigenvalue weighted by atomic mass is 9.71. The third kappa shape index (κ3) is 13.5. The van der Waals surface area contributed by atoms with Gasteiger partial charge in [-0.25, -0.2) is 0 Å². The molecule has 2 atom stereocenters. The van der Waals surface area contributed by atoms with Gasteiger partial charge in [-0.1, -0.05) is 98.8 Å². The van der Waals surface area contributed by atoms with Crippen molar-refractivity contribution in [2.45, 2.75) is 156 Å². The lowest BCUT2D eigenvalue weighted by Gasteiger charge is -2.44. The van der Waals surface area contributed by atoms with E-state index in [9.17, 15) is 9.59 Å². The molecule has 0 aliphatic heterocycles. The maximum atomic E-state index is 12.9. The zero-order valence-electron chi connectivity index (χ0n) is 22.1. The number of esters is 1. The standard InChI is InChI=1S/C28H54O4/c1-6-9-12-13-14-15-18-23-28(24(4)19-10-7-2,25(5)20-11-8-3)32-27(31)22-17-16-21-26(29)30/h24-25H,6-23H2,1-5H3,(H,29,30). The predicted octanol–water partition coefficient (Wildman–Crippen LogP) is 8.71. The molecule has 0 aliphatic rings. The van der Waals surface area contributed by atoms with Crippen LogP contribution < -0.4 is 0 Å². The van der Waals surface area contributed by atoms with Gasteiger partial charge in [0.05, 0.1) is 0 Å². The van der Waals surface area contributed by atoms with Gasteiger partial charge in [-0.15, -0.1) is 0 Å². The van der Waals surface area contributed by atoms with Crippen molar-refractivity contribution in [1.29, 1.82) is 0 Å². The minimum absolute atomic E-state index is 0.121. The van der Waals surface area contributed by atoms with Crippen LogP contribution in [0.3, 0.4) is 0 Å². The van der Waals surface area contributed by atoms with E-state index in [1.807, 2.05) is 0 Å². The Kier molecular flexibility index (Phi) is 18.8. The summed E-state index contributed by atoms with van der Waals surface area (Å²) in [6.07, 6.45) is 18.2. The molecule has 0 fully saturated rings. The summed E-state index contributed by atoms with van der Waals surface area (Å²) in [4.78, 5) is 23.7. The van der Waals surface area contributed by atoms with E-state index in [-0.39, 0.29) is 12.4 Å². The van der Waals surface area contributed by atoms with E-state index in [2.05, 4.69) is 34.6 Å². The molecule has 190 valence electrons. The topological polar surface area (TPSA) is 63.6 Å². The van der Waals surface area contributed by atoms with Gasteiger partial charge < -0.3 is 9.84 Å². The molecule has 0 aliphatic carbocycles. The summed E-state index contributed by atoms with van der Waals surface area (Å²) in [7, 11) is 0. The maximum absolute atomic E-state index is 12.9. The Morgan fingerprint density at radius 2 is 1.16 bits per heavy atom. The Bertz CT molecular complexity index is 460. The molecular formula is C28H54O4. The molecule has 1 N–H and O–H groups in total. The van der Waals surface area contributed by atoms with Crippen LogP contribution in [0.5, 0.6) is 0 Å². The fraction of sp³-hybridized carbons (Fsp3) is 0.929. The summed E-state index contributed by atoms with van der Waals surface area (Å²) in [6.45, 7) is 11.3. The van der Waals surface area contributed by atoms with E-state index in [0.717, 1.165) is 51.4 Å². The summed E-state index contributed by atoms with van der Waals surface area (Å²) in [5.41, 5.74) is -0.391. The first-order valence-electron chi connectivity index (χ1n) is 13.8. The number of unbranched alkanes of at least 4 members (excludes halogenated alkanes) is 9. The second-order valence-electron chi connectivity index (χ2n) is 9.99. The van der Waals surface area contributed by atoms with Crippen molar-refractivity contribution in [1.82, 2.24) is 0 Å². The van der Waals surface area contributed by atoms with Crippen LogP contribution in [0, 0.1) is 11.8 Å². The molecule has 0 amide bonds. The van der Waals surface area contributed by atoms with E-state index in [1.54, 1.807) is 0 Å². The molecule has 0 spiro atoms. The van der Waals surface area contributed by atoms with E-state index < -0.39 is 11.6 Å². The van der Waals surface area contributed by atoms with Gasteiger partial charge in [-0.05, 0) is 50.4 Å². The maximum Gasteiger partial charge on any atom is 0.306 e. The Balaban J connectivity index is 5.24. The third-order valence-electron chi connectivity index (χ3n) is 7.15. The second-order valence-corrected chi connectivity index (χ2v) is 9.99. The minimum Gasteiger partial charge on any atom is -0.481 e. The van der Waals surface area contributed by atoms with Crippen LogP contribution in [0.2, 0.25) is 0 Å². The normalized spacial score (nSPS) is 15.2. The van der Waals surface area contributed by atoms with E-state index in [1.165, 1.54) is 38.5 Å². The van der Waals surface area contributed by atoms with Gasteiger partial charge in [0.1, 0.15) is 5.60 Å². The Morgan fingerprint density at radius 3 is 1.66 bits per heavy atom. The molecule has 2 unspecified atom stereocenters. The molecule has 0 aromatic heterocycles. The van der Waals surface area contributed by atoms with Crippen molar-refractivity contribution >= 4 is 11.9 Å². The van der Waals surface area contributed by atoms with Crippen molar-refractivity contribution < 1.29 is 19.4 Å². The summed E-state index contributed by atoms with van der Waals surface area (Å²) in [6, 6.07) is 0. The van der Waals surface area contributed by atoms with Crippen molar-refractivity contribution in [3.8, 4) is 0 Å². The molecule has 4 heteroatoms. The van der Waals surface area contributed by atoms with E-state index in [0.29, 0.717) is 31.1 Å². The molecule has 0 aromatic rings. The number of carboxylic acids is 1. The van der Waals surface area contributed by atoms with Crippen LogP contribution in [0.1, 0.15) is 150 Å². The Labute approximate surface area is 199 Å². The summed E-state index contributed by atoms with van der Waals surface area (Å²) in [5, 5.41) is 8.85. The molecule has 0 heterocycles. The largest absolute Gasteiger partial charge is 0.481 e. The average molecular weight is 455 g/mol. The minimum atomic E-state index is -0.798. The monoisotopic (exact) mass is 454 g/mol. The third-order valence-corrected chi connectivity index (χ3v) is 7.15. The highest BCUT2D eigenvalue weighted by Gasteiger charge is 2.43. The number of hydrogen-bond donors (Lipinski definition) is 1. The molecule has 0 bridgehead atoms. The number of carbonyl (C=O) groups is 2. The van der Waals surface area contributed by atoms with Gasteiger partial charge in [-0.3, -0.25) is 9.59 Å². The molecular weight excluding hydrogens is 400 g/mol. The molecule has 0 radical (unpaired) electrons. The number of rotatable bonds is 22. The van der Waals surface area contributed by atoms with Crippen LogP contribution >= 0.6 is 0 Å². The predicted molar refractivity (Wildman–Crippen MR) is 135 cm³/mol. The summed E-state index contributed by atoms with van der Waals surface area (Å²) < 4.78 is 6.42. The molecule has 4 nitrogen and oxygen atoms in total. The van der Waals surface area contributed by atoms with Crippen molar-refractivity contribution in [3.63, 3.8) is 0 Å². The van der Waals surface area contributed by atoms with Gasteiger partial charge in [0, 0.05) is 12.8 Å². The zero-order valence-corrected chi connectivity index (χ0v) is 22.1. The Hall–Kier alpha value is -1.06. The first-order valence-corrected chi connectivity index (χ1v) is 13.8. The van der Waals surface area contributed by atoms with Gasteiger partial charge in [-0.2, -0.15) is 0 Å². The molecule has 0 aromatic carbocycles. The lowest BCUT2D eigenvalue weighted by molar-refractivity contribution is -0.177. The number of ether oxygens (including phenoxy) is 1. The van der Waals surface area contributed by atoms with E-state index in [4.69, 9.17) is 9.84 Å². The first-order chi connectivity index (χ1) is 15.3. The van der Waals surface area contributed by atoms with Gasteiger partial charge >= 0.3 is 11.9 Å². The average Bonchev–Trinajstić information content (AvgIpc) is 2.76. The number of carboxylic acid groups (broad SMARTS) is 1. The number of carbonyl (C=O) groups excluding carboxylic acids is 1. The quantitative estimate of drug-likeness (QED) is 0.131. The van der Waals surface area contributed by atoms with Crippen LogP contribution in [0.4, 0.5) is 0 Å². The second kappa shape index (κ2) is 19.4. The van der Waals surface area contributed by atoms with Crippen LogP contribution in [-0.4, -0.2) is 22.6 Å².